The molecule has 1 fully saturated rings. The van der Waals surface area contributed by atoms with Crippen LogP contribution in [0.25, 0.3) is 11.0 Å². The Hall–Kier alpha value is -4.11. The van der Waals surface area contributed by atoms with Gasteiger partial charge in [-0.25, -0.2) is 4.68 Å². The zero-order valence-electron chi connectivity index (χ0n) is 22.4. The molecule has 0 bridgehead atoms. The smallest absolute Gasteiger partial charge is 0.249 e. The number of benzene rings is 2. The summed E-state index contributed by atoms with van der Waals surface area (Å²) in [5.74, 6) is -0.196. The average molecular weight is 527 g/mol. The molecule has 1 aliphatic rings. The van der Waals surface area contributed by atoms with Gasteiger partial charge in [-0.05, 0) is 61.1 Å². The molecule has 0 spiro atoms. The third-order valence-electron chi connectivity index (χ3n) is 7.36. The van der Waals surface area contributed by atoms with Gasteiger partial charge in [0.2, 0.25) is 11.8 Å². The highest BCUT2D eigenvalue weighted by atomic mass is 16.5. The summed E-state index contributed by atoms with van der Waals surface area (Å²) in [6.07, 6.45) is 6.14. The lowest BCUT2D eigenvalue weighted by atomic mass is 9.98. The zero-order chi connectivity index (χ0) is 27.2. The van der Waals surface area contributed by atoms with Gasteiger partial charge in [0.05, 0.1) is 11.6 Å². The number of aromatic nitrogens is 4. The normalized spacial score (nSPS) is 16.6. The fraction of sp³-hybridized carbons (Fsp3) is 0.367. The van der Waals surface area contributed by atoms with Crippen molar-refractivity contribution in [3.8, 4) is 0 Å². The molecule has 202 valence electrons. The minimum Gasteiger partial charge on any atom is -0.376 e. The highest BCUT2D eigenvalue weighted by Crippen LogP contribution is 2.30. The van der Waals surface area contributed by atoms with Crippen LogP contribution in [-0.2, 0) is 20.9 Å². The Bertz CT molecular complexity index is 1400. The fourth-order valence-corrected chi connectivity index (χ4v) is 4.95. The van der Waals surface area contributed by atoms with Crippen molar-refractivity contribution >= 4 is 28.5 Å². The molecule has 1 saturated heterocycles. The van der Waals surface area contributed by atoms with E-state index in [-0.39, 0.29) is 24.5 Å². The lowest BCUT2D eigenvalue weighted by Crippen LogP contribution is -2.46. The number of para-hydroxylation sites is 1. The van der Waals surface area contributed by atoms with Gasteiger partial charge < -0.3 is 10.1 Å². The van der Waals surface area contributed by atoms with Crippen LogP contribution in [0.5, 0.6) is 0 Å². The Morgan fingerprint density at radius 1 is 1.10 bits per heavy atom. The first-order chi connectivity index (χ1) is 19.0. The maximum atomic E-state index is 14.1. The molecule has 4 aromatic rings. The van der Waals surface area contributed by atoms with Gasteiger partial charge >= 0.3 is 0 Å². The molecule has 2 aromatic heterocycles. The maximum absolute atomic E-state index is 14.1. The monoisotopic (exact) mass is 526 g/mol. The van der Waals surface area contributed by atoms with E-state index < -0.39 is 6.04 Å². The standard InChI is InChI=1S/C30H34N6O3/c1-3-21(2)22-12-14-24(15-13-22)36(28(37)20-35-27-11-5-4-10-26(27)33-34-35)29(23-8-6-16-31-18-23)30(38)32-19-25-9-7-17-39-25/h4-6,8,10-16,18,21,25,29H,3,7,9,17,19-20H2,1-2H3,(H,32,38)/t21-,25+,29+/m1/s1. The number of anilines is 1. The van der Waals surface area contributed by atoms with Crippen molar-refractivity contribution in [3.63, 3.8) is 0 Å². The molecule has 0 unspecified atom stereocenters. The predicted octanol–water partition coefficient (Wildman–Crippen LogP) is 4.41. The van der Waals surface area contributed by atoms with Crippen molar-refractivity contribution < 1.29 is 14.3 Å². The largest absolute Gasteiger partial charge is 0.376 e. The number of amides is 2. The molecular weight excluding hydrogens is 492 g/mol. The van der Waals surface area contributed by atoms with E-state index in [4.69, 9.17) is 4.74 Å². The van der Waals surface area contributed by atoms with Gasteiger partial charge in [0.1, 0.15) is 18.1 Å². The predicted molar refractivity (Wildman–Crippen MR) is 149 cm³/mol. The summed E-state index contributed by atoms with van der Waals surface area (Å²) in [5.41, 5.74) is 3.87. The third-order valence-corrected chi connectivity index (χ3v) is 7.36. The summed E-state index contributed by atoms with van der Waals surface area (Å²) in [6, 6.07) is 18.0. The number of nitrogens with one attached hydrogen (secondary N) is 1. The molecule has 3 atom stereocenters. The van der Waals surface area contributed by atoms with Crippen LogP contribution in [0.15, 0.2) is 73.1 Å². The van der Waals surface area contributed by atoms with Gasteiger partial charge in [-0.15, -0.1) is 5.10 Å². The van der Waals surface area contributed by atoms with Gasteiger partial charge in [0.25, 0.3) is 0 Å². The Balaban J connectivity index is 1.52. The van der Waals surface area contributed by atoms with Gasteiger partial charge in [0, 0.05) is 36.8 Å². The molecule has 0 saturated carbocycles. The van der Waals surface area contributed by atoms with E-state index in [1.54, 1.807) is 28.0 Å². The summed E-state index contributed by atoms with van der Waals surface area (Å²) in [7, 11) is 0. The van der Waals surface area contributed by atoms with Crippen LogP contribution in [0.2, 0.25) is 0 Å². The molecule has 5 rings (SSSR count). The number of ether oxygens (including phenoxy) is 1. The summed E-state index contributed by atoms with van der Waals surface area (Å²) >= 11 is 0. The lowest BCUT2D eigenvalue weighted by molar-refractivity contribution is -0.127. The molecule has 39 heavy (non-hydrogen) atoms. The van der Waals surface area contributed by atoms with Gasteiger partial charge in [-0.1, -0.05) is 49.4 Å². The van der Waals surface area contributed by atoms with Crippen LogP contribution < -0.4 is 10.2 Å². The number of carbonyl (C=O) groups is 2. The number of pyridine rings is 1. The van der Waals surface area contributed by atoms with Gasteiger partial charge in [-0.3, -0.25) is 19.5 Å². The van der Waals surface area contributed by atoms with Crippen LogP contribution in [0, 0.1) is 0 Å². The van der Waals surface area contributed by atoms with Crippen LogP contribution in [0.1, 0.15) is 56.2 Å². The van der Waals surface area contributed by atoms with Crippen molar-refractivity contribution in [2.24, 2.45) is 0 Å². The first kappa shape index (κ1) is 26.5. The lowest BCUT2D eigenvalue weighted by Gasteiger charge is -2.32. The molecule has 0 radical (unpaired) electrons. The second-order valence-electron chi connectivity index (χ2n) is 9.97. The van der Waals surface area contributed by atoms with E-state index in [1.165, 1.54) is 5.56 Å². The molecule has 9 heteroatoms. The highest BCUT2D eigenvalue weighted by Gasteiger charge is 2.34. The third kappa shape index (κ3) is 5.98. The molecule has 9 nitrogen and oxygen atoms in total. The Morgan fingerprint density at radius 2 is 1.92 bits per heavy atom. The minimum absolute atomic E-state index is 0.0241. The van der Waals surface area contributed by atoms with Crippen molar-refractivity contribution in [1.82, 2.24) is 25.3 Å². The number of fused-ring (bicyclic) bond motifs is 1. The van der Waals surface area contributed by atoms with E-state index in [9.17, 15) is 9.59 Å². The van der Waals surface area contributed by atoms with E-state index in [2.05, 4.69) is 34.5 Å². The van der Waals surface area contributed by atoms with E-state index >= 15 is 0 Å². The summed E-state index contributed by atoms with van der Waals surface area (Å²) in [4.78, 5) is 33.8. The van der Waals surface area contributed by atoms with E-state index in [0.717, 1.165) is 24.8 Å². The topological polar surface area (TPSA) is 102 Å². The number of nitrogens with zero attached hydrogens (tertiary/aromatic N) is 5. The first-order valence-corrected chi connectivity index (χ1v) is 13.5. The SMILES string of the molecule is CC[C@@H](C)c1ccc(N(C(=O)Cn2nnc3ccccc32)[C@H](C(=O)NC[C@@H]2CCCO2)c2cccnc2)cc1. The average Bonchev–Trinajstić information content (AvgIpc) is 3.65. The summed E-state index contributed by atoms with van der Waals surface area (Å²) in [6.45, 7) is 5.33. The second kappa shape index (κ2) is 12.2. The van der Waals surface area contributed by atoms with Gasteiger partial charge in [0.15, 0.2) is 0 Å². The van der Waals surface area contributed by atoms with Gasteiger partial charge in [-0.2, -0.15) is 0 Å². The van der Waals surface area contributed by atoms with Crippen molar-refractivity contribution in [3.05, 3.63) is 84.2 Å². The number of rotatable bonds is 10. The first-order valence-electron chi connectivity index (χ1n) is 13.5. The minimum atomic E-state index is -0.933. The zero-order valence-corrected chi connectivity index (χ0v) is 22.4. The Labute approximate surface area is 228 Å². The number of hydrogen-bond acceptors (Lipinski definition) is 6. The molecule has 1 N–H and O–H groups in total. The second-order valence-corrected chi connectivity index (χ2v) is 9.97. The Kier molecular flexibility index (Phi) is 8.27. The molecule has 2 aromatic carbocycles. The van der Waals surface area contributed by atoms with E-state index in [0.29, 0.717) is 35.8 Å². The molecule has 3 heterocycles. The molecule has 1 aliphatic heterocycles. The quantitative estimate of drug-likeness (QED) is 0.328. The van der Waals surface area contributed by atoms with Crippen LogP contribution in [-0.4, -0.2) is 51.0 Å². The Morgan fingerprint density at radius 3 is 2.64 bits per heavy atom. The summed E-state index contributed by atoms with van der Waals surface area (Å²) < 4.78 is 7.28. The van der Waals surface area contributed by atoms with Crippen LogP contribution >= 0.6 is 0 Å². The van der Waals surface area contributed by atoms with E-state index in [1.807, 2.05) is 54.6 Å². The number of hydrogen-bond donors (Lipinski definition) is 1. The van der Waals surface area contributed by atoms with Crippen molar-refractivity contribution in [2.75, 3.05) is 18.1 Å². The molecule has 0 aliphatic carbocycles. The van der Waals surface area contributed by atoms with Crippen LogP contribution in [0.3, 0.4) is 0 Å². The van der Waals surface area contributed by atoms with Crippen LogP contribution in [0.4, 0.5) is 5.69 Å². The molecule has 2 amide bonds. The van der Waals surface area contributed by atoms with Crippen molar-refractivity contribution in [2.45, 2.75) is 57.7 Å². The fourth-order valence-electron chi connectivity index (χ4n) is 4.95. The number of carbonyl (C=O) groups excluding carboxylic acids is 2. The highest BCUT2D eigenvalue weighted by molar-refractivity contribution is 6.01. The molecular formula is C30H34N6O3. The summed E-state index contributed by atoms with van der Waals surface area (Å²) in [5, 5.41) is 11.4. The van der Waals surface area contributed by atoms with Crippen molar-refractivity contribution in [1.29, 1.82) is 0 Å². The maximum Gasteiger partial charge on any atom is 0.249 e.